The van der Waals surface area contributed by atoms with Crippen molar-refractivity contribution in [1.82, 2.24) is 10.2 Å². The first-order valence-corrected chi connectivity index (χ1v) is 9.54. The number of carbonyl (C=O) groups is 1. The number of hydrogen-bond donors (Lipinski definition) is 1. The standard InChI is InChI=1S/C15H24N2OS2/c1-11(2)9-13-15(18)17(6-4-7-19-3)14(16-13)12-5-8-20-10-12/h5,8,10-11,13-14,16H,4,6-7,9H2,1-3H3. The largest absolute Gasteiger partial charge is 0.321 e. The van der Waals surface area contributed by atoms with E-state index in [-0.39, 0.29) is 18.1 Å². The third-order valence-electron chi connectivity index (χ3n) is 3.57. The zero-order chi connectivity index (χ0) is 14.5. The molecule has 1 fully saturated rings. The number of amides is 1. The Morgan fingerprint density at radius 3 is 2.90 bits per heavy atom. The van der Waals surface area contributed by atoms with Gasteiger partial charge in [-0.1, -0.05) is 13.8 Å². The lowest BCUT2D eigenvalue weighted by Gasteiger charge is -2.23. The van der Waals surface area contributed by atoms with Crippen molar-refractivity contribution in [1.29, 1.82) is 0 Å². The highest BCUT2D eigenvalue weighted by Gasteiger charge is 2.39. The number of rotatable bonds is 7. The molecule has 1 aromatic heterocycles. The maximum atomic E-state index is 12.6. The lowest BCUT2D eigenvalue weighted by molar-refractivity contribution is -0.130. The van der Waals surface area contributed by atoms with Crippen molar-refractivity contribution in [2.75, 3.05) is 18.6 Å². The molecule has 0 bridgehead atoms. The van der Waals surface area contributed by atoms with E-state index in [0.29, 0.717) is 5.92 Å². The van der Waals surface area contributed by atoms with Gasteiger partial charge in [-0.2, -0.15) is 23.1 Å². The summed E-state index contributed by atoms with van der Waals surface area (Å²) in [4.78, 5) is 14.6. The fraction of sp³-hybridized carbons (Fsp3) is 0.667. The van der Waals surface area contributed by atoms with Gasteiger partial charge in [0.05, 0.1) is 6.04 Å². The first-order chi connectivity index (χ1) is 9.63. The summed E-state index contributed by atoms with van der Waals surface area (Å²) in [5.74, 6) is 1.91. The highest BCUT2D eigenvalue weighted by Crippen LogP contribution is 2.29. The summed E-state index contributed by atoms with van der Waals surface area (Å²) in [6.45, 7) is 5.19. The molecule has 5 heteroatoms. The van der Waals surface area contributed by atoms with Gasteiger partial charge >= 0.3 is 0 Å². The van der Waals surface area contributed by atoms with Gasteiger partial charge in [-0.05, 0) is 53.2 Å². The minimum atomic E-state index is -0.0193. The lowest BCUT2D eigenvalue weighted by atomic mass is 10.0. The molecule has 2 heterocycles. The summed E-state index contributed by atoms with van der Waals surface area (Å²) < 4.78 is 0. The number of thioether (sulfide) groups is 1. The maximum Gasteiger partial charge on any atom is 0.241 e. The summed E-state index contributed by atoms with van der Waals surface area (Å²) >= 11 is 3.53. The Morgan fingerprint density at radius 1 is 1.50 bits per heavy atom. The van der Waals surface area contributed by atoms with E-state index in [9.17, 15) is 4.79 Å². The molecule has 20 heavy (non-hydrogen) atoms. The van der Waals surface area contributed by atoms with E-state index in [1.54, 1.807) is 11.3 Å². The van der Waals surface area contributed by atoms with Gasteiger partial charge < -0.3 is 4.90 Å². The molecule has 0 spiro atoms. The molecule has 1 amide bonds. The van der Waals surface area contributed by atoms with Crippen molar-refractivity contribution in [2.45, 2.75) is 38.9 Å². The van der Waals surface area contributed by atoms with Crippen LogP contribution in [0.15, 0.2) is 16.8 Å². The third kappa shape index (κ3) is 3.77. The van der Waals surface area contributed by atoms with E-state index in [0.717, 1.165) is 25.1 Å². The second kappa shape index (κ2) is 7.48. The molecular formula is C15H24N2OS2. The molecule has 0 radical (unpaired) electrons. The number of nitrogens with one attached hydrogen (secondary N) is 1. The van der Waals surface area contributed by atoms with E-state index in [1.165, 1.54) is 5.56 Å². The van der Waals surface area contributed by atoms with Gasteiger partial charge in [0.1, 0.15) is 6.17 Å². The third-order valence-corrected chi connectivity index (χ3v) is 4.96. The van der Waals surface area contributed by atoms with Crippen molar-refractivity contribution >= 4 is 29.0 Å². The van der Waals surface area contributed by atoms with Gasteiger partial charge in [-0.15, -0.1) is 0 Å². The van der Waals surface area contributed by atoms with Crippen LogP contribution < -0.4 is 5.32 Å². The lowest BCUT2D eigenvalue weighted by Crippen LogP contribution is -2.32. The van der Waals surface area contributed by atoms with Gasteiger partial charge in [0.25, 0.3) is 0 Å². The van der Waals surface area contributed by atoms with Gasteiger partial charge in [0.2, 0.25) is 5.91 Å². The van der Waals surface area contributed by atoms with Crippen molar-refractivity contribution in [2.24, 2.45) is 5.92 Å². The van der Waals surface area contributed by atoms with Gasteiger partial charge in [0.15, 0.2) is 0 Å². The van der Waals surface area contributed by atoms with Gasteiger partial charge in [-0.3, -0.25) is 10.1 Å². The predicted octanol–water partition coefficient (Wildman–Crippen LogP) is 3.35. The predicted molar refractivity (Wildman–Crippen MR) is 88.2 cm³/mol. The zero-order valence-electron chi connectivity index (χ0n) is 12.5. The summed E-state index contributed by atoms with van der Waals surface area (Å²) in [7, 11) is 0. The molecule has 1 saturated heterocycles. The van der Waals surface area contributed by atoms with Crippen LogP contribution in [0.25, 0.3) is 0 Å². The molecular weight excluding hydrogens is 288 g/mol. The first kappa shape index (κ1) is 15.9. The van der Waals surface area contributed by atoms with Crippen LogP contribution in [0.2, 0.25) is 0 Å². The number of nitrogens with zero attached hydrogens (tertiary/aromatic N) is 1. The van der Waals surface area contributed by atoms with Gasteiger partial charge in [0, 0.05) is 6.54 Å². The Bertz CT molecular complexity index is 420. The highest BCUT2D eigenvalue weighted by molar-refractivity contribution is 7.98. The highest BCUT2D eigenvalue weighted by atomic mass is 32.2. The van der Waals surface area contributed by atoms with Crippen molar-refractivity contribution in [3.63, 3.8) is 0 Å². The molecule has 2 atom stereocenters. The Labute approximate surface area is 130 Å². The second-order valence-corrected chi connectivity index (χ2v) is 7.45. The first-order valence-electron chi connectivity index (χ1n) is 7.21. The smallest absolute Gasteiger partial charge is 0.241 e. The van der Waals surface area contributed by atoms with Crippen LogP contribution >= 0.6 is 23.1 Å². The SMILES string of the molecule is CSCCCN1C(=O)C(CC(C)C)NC1c1ccsc1. The summed E-state index contributed by atoms with van der Waals surface area (Å²) in [5.41, 5.74) is 1.22. The van der Waals surface area contributed by atoms with E-state index >= 15 is 0 Å². The number of thiophene rings is 1. The molecule has 112 valence electrons. The molecule has 2 rings (SSSR count). The van der Waals surface area contributed by atoms with E-state index in [1.807, 2.05) is 16.7 Å². The van der Waals surface area contributed by atoms with Crippen LogP contribution in [0.3, 0.4) is 0 Å². The summed E-state index contributed by atoms with van der Waals surface area (Å²) in [6.07, 6.45) is 4.16. The average molecular weight is 313 g/mol. The molecule has 1 aliphatic heterocycles. The second-order valence-electron chi connectivity index (χ2n) is 5.69. The Morgan fingerprint density at radius 2 is 2.30 bits per heavy atom. The van der Waals surface area contributed by atoms with Crippen LogP contribution in [-0.2, 0) is 4.79 Å². The van der Waals surface area contributed by atoms with E-state index in [4.69, 9.17) is 0 Å². The van der Waals surface area contributed by atoms with Crippen molar-refractivity contribution in [3.05, 3.63) is 22.4 Å². The van der Waals surface area contributed by atoms with Crippen LogP contribution in [0.4, 0.5) is 0 Å². The summed E-state index contributed by atoms with van der Waals surface area (Å²) in [5, 5.41) is 7.75. The molecule has 0 aliphatic carbocycles. The minimum absolute atomic E-state index is 0.0193. The quantitative estimate of drug-likeness (QED) is 0.784. The molecule has 0 aromatic carbocycles. The topological polar surface area (TPSA) is 32.3 Å². The monoisotopic (exact) mass is 312 g/mol. The van der Waals surface area contributed by atoms with E-state index < -0.39 is 0 Å². The van der Waals surface area contributed by atoms with Crippen LogP contribution in [0.5, 0.6) is 0 Å². The molecule has 1 N–H and O–H groups in total. The van der Waals surface area contributed by atoms with Crippen LogP contribution in [-0.4, -0.2) is 35.4 Å². The molecule has 1 aromatic rings. The Kier molecular flexibility index (Phi) is 5.93. The van der Waals surface area contributed by atoms with Crippen LogP contribution in [0, 0.1) is 5.92 Å². The number of carbonyl (C=O) groups excluding carboxylic acids is 1. The normalized spacial score (nSPS) is 23.0. The molecule has 1 aliphatic rings. The minimum Gasteiger partial charge on any atom is -0.321 e. The Balaban J connectivity index is 2.08. The Hall–Kier alpha value is -0.520. The summed E-state index contributed by atoms with van der Waals surface area (Å²) in [6, 6.07) is 2.10. The average Bonchev–Trinajstić information content (AvgIpc) is 3.01. The molecule has 2 unspecified atom stereocenters. The fourth-order valence-corrected chi connectivity index (χ4v) is 3.74. The number of hydrogen-bond acceptors (Lipinski definition) is 4. The maximum absolute atomic E-state index is 12.6. The zero-order valence-corrected chi connectivity index (χ0v) is 14.1. The van der Waals surface area contributed by atoms with Crippen molar-refractivity contribution in [3.8, 4) is 0 Å². The molecule has 0 saturated carbocycles. The van der Waals surface area contributed by atoms with Gasteiger partial charge in [-0.25, -0.2) is 0 Å². The van der Waals surface area contributed by atoms with E-state index in [2.05, 4.69) is 42.2 Å². The fourth-order valence-electron chi connectivity index (χ4n) is 2.64. The van der Waals surface area contributed by atoms with Crippen molar-refractivity contribution < 1.29 is 4.79 Å². The molecule has 3 nitrogen and oxygen atoms in total. The van der Waals surface area contributed by atoms with Crippen LogP contribution in [0.1, 0.15) is 38.4 Å².